The zero-order chi connectivity index (χ0) is 21.4. The maximum Gasteiger partial charge on any atom is 0.324 e. The van der Waals surface area contributed by atoms with E-state index in [1.165, 1.54) is 13.2 Å². The van der Waals surface area contributed by atoms with E-state index in [1.54, 1.807) is 51.3 Å². The predicted octanol–water partition coefficient (Wildman–Crippen LogP) is 3.41. The third-order valence-corrected chi connectivity index (χ3v) is 5.33. The van der Waals surface area contributed by atoms with Crippen LogP contribution in [-0.2, 0) is 6.54 Å². The fourth-order valence-electron chi connectivity index (χ4n) is 3.85. The van der Waals surface area contributed by atoms with Gasteiger partial charge >= 0.3 is 6.03 Å². The predicted molar refractivity (Wildman–Crippen MR) is 113 cm³/mol. The largest absolute Gasteiger partial charge is 0.480 e. The number of anilines is 1. The number of rotatable bonds is 5. The van der Waals surface area contributed by atoms with Crippen molar-refractivity contribution in [3.63, 3.8) is 0 Å². The molecule has 0 radical (unpaired) electrons. The number of urea groups is 1. The zero-order valence-corrected chi connectivity index (χ0v) is 16.8. The number of halogens is 1. The second-order valence-electron chi connectivity index (χ2n) is 7.09. The van der Waals surface area contributed by atoms with E-state index in [1.807, 2.05) is 18.2 Å². The van der Waals surface area contributed by atoms with Gasteiger partial charge in [0.25, 0.3) is 0 Å². The second kappa shape index (κ2) is 7.67. The van der Waals surface area contributed by atoms with E-state index in [0.717, 1.165) is 16.6 Å². The summed E-state index contributed by atoms with van der Waals surface area (Å²) >= 11 is 0. The molecule has 0 saturated carbocycles. The van der Waals surface area contributed by atoms with Gasteiger partial charge < -0.3 is 9.64 Å². The Hall–Kier alpha value is -4.01. The molecular formula is C22H19FN6O2. The Balaban J connectivity index is 1.47. The van der Waals surface area contributed by atoms with Crippen LogP contribution in [0.3, 0.4) is 0 Å². The van der Waals surface area contributed by atoms with Crippen LogP contribution in [0.5, 0.6) is 5.88 Å². The number of benzene rings is 2. The molecule has 1 saturated heterocycles. The van der Waals surface area contributed by atoms with Gasteiger partial charge in [0, 0.05) is 30.9 Å². The Morgan fingerprint density at radius 3 is 2.68 bits per heavy atom. The number of fused-ring (bicyclic) bond motifs is 1. The highest BCUT2D eigenvalue weighted by atomic mass is 19.1. The van der Waals surface area contributed by atoms with Crippen molar-refractivity contribution < 1.29 is 13.9 Å². The van der Waals surface area contributed by atoms with E-state index in [9.17, 15) is 9.18 Å². The molecule has 9 heteroatoms. The van der Waals surface area contributed by atoms with Crippen LogP contribution < -0.4 is 9.64 Å². The maximum atomic E-state index is 14.3. The number of methoxy groups -OCH3 is 1. The summed E-state index contributed by atoms with van der Waals surface area (Å²) in [6, 6.07) is 11.9. The fourth-order valence-corrected chi connectivity index (χ4v) is 3.85. The highest BCUT2D eigenvalue weighted by molar-refractivity contribution is 6.03. The SMILES string of the molecule is COc1nccnc1CN1CCN(c2cccc3c2cnn3-c2ccccc2F)C1=O. The summed E-state index contributed by atoms with van der Waals surface area (Å²) < 4.78 is 21.1. The maximum absolute atomic E-state index is 14.3. The first-order chi connectivity index (χ1) is 15.2. The number of ether oxygens (including phenoxy) is 1. The van der Waals surface area contributed by atoms with Gasteiger partial charge in [-0.15, -0.1) is 0 Å². The first-order valence-corrected chi connectivity index (χ1v) is 9.79. The van der Waals surface area contributed by atoms with Crippen molar-refractivity contribution in [3.8, 4) is 11.6 Å². The molecule has 0 unspecified atom stereocenters. The number of para-hydroxylation sites is 1. The third-order valence-electron chi connectivity index (χ3n) is 5.33. The molecule has 2 amide bonds. The molecular weight excluding hydrogens is 399 g/mol. The van der Waals surface area contributed by atoms with Crippen LogP contribution in [0.1, 0.15) is 5.69 Å². The van der Waals surface area contributed by atoms with Gasteiger partial charge in [0.1, 0.15) is 17.2 Å². The second-order valence-corrected chi connectivity index (χ2v) is 7.09. The van der Waals surface area contributed by atoms with Gasteiger partial charge in [0.05, 0.1) is 31.1 Å². The number of hydrogen-bond acceptors (Lipinski definition) is 5. The normalized spacial score (nSPS) is 13.9. The summed E-state index contributed by atoms with van der Waals surface area (Å²) in [7, 11) is 1.53. The van der Waals surface area contributed by atoms with E-state index < -0.39 is 0 Å². The Kier molecular flexibility index (Phi) is 4.70. The molecule has 0 spiro atoms. The highest BCUT2D eigenvalue weighted by Gasteiger charge is 2.32. The van der Waals surface area contributed by atoms with Crippen LogP contribution in [0, 0.1) is 5.82 Å². The van der Waals surface area contributed by atoms with Crippen LogP contribution in [0.4, 0.5) is 14.9 Å². The first-order valence-electron chi connectivity index (χ1n) is 9.79. The number of carbonyl (C=O) groups is 1. The minimum Gasteiger partial charge on any atom is -0.480 e. The quantitative estimate of drug-likeness (QED) is 0.497. The Labute approximate surface area is 177 Å². The van der Waals surface area contributed by atoms with Crippen LogP contribution in [-0.4, -0.2) is 50.9 Å². The lowest BCUT2D eigenvalue weighted by molar-refractivity contribution is 0.217. The molecule has 0 bridgehead atoms. The van der Waals surface area contributed by atoms with Gasteiger partial charge in [-0.1, -0.05) is 18.2 Å². The summed E-state index contributed by atoms with van der Waals surface area (Å²) in [4.78, 5) is 25.0. The number of aromatic nitrogens is 4. The molecule has 0 N–H and O–H groups in total. The average Bonchev–Trinajstić information content (AvgIpc) is 3.38. The van der Waals surface area contributed by atoms with Crippen molar-refractivity contribution in [1.82, 2.24) is 24.6 Å². The molecule has 0 atom stereocenters. The summed E-state index contributed by atoms with van der Waals surface area (Å²) in [6.45, 7) is 1.36. The fraction of sp³-hybridized carbons (Fsp3) is 0.182. The number of hydrogen-bond donors (Lipinski definition) is 0. The summed E-state index contributed by atoms with van der Waals surface area (Å²) in [5.41, 5.74) is 2.42. The Morgan fingerprint density at radius 2 is 1.84 bits per heavy atom. The molecule has 4 aromatic rings. The van der Waals surface area contributed by atoms with Gasteiger partial charge in [-0.3, -0.25) is 9.88 Å². The molecule has 1 aliphatic heterocycles. The summed E-state index contributed by atoms with van der Waals surface area (Å²) in [5, 5.41) is 5.16. The van der Waals surface area contributed by atoms with E-state index >= 15 is 0 Å². The van der Waals surface area contributed by atoms with Crippen LogP contribution in [0.25, 0.3) is 16.6 Å². The topological polar surface area (TPSA) is 76.4 Å². The smallest absolute Gasteiger partial charge is 0.324 e. The van der Waals surface area contributed by atoms with Gasteiger partial charge in [-0.2, -0.15) is 5.10 Å². The molecule has 31 heavy (non-hydrogen) atoms. The van der Waals surface area contributed by atoms with Crippen molar-refractivity contribution in [2.24, 2.45) is 0 Å². The molecule has 1 fully saturated rings. The molecule has 2 aromatic heterocycles. The molecule has 3 heterocycles. The molecule has 156 valence electrons. The van der Waals surface area contributed by atoms with Gasteiger partial charge in [0.15, 0.2) is 0 Å². The lowest BCUT2D eigenvalue weighted by atomic mass is 10.2. The van der Waals surface area contributed by atoms with Crippen LogP contribution in [0.2, 0.25) is 0 Å². The zero-order valence-electron chi connectivity index (χ0n) is 16.8. The van der Waals surface area contributed by atoms with Gasteiger partial charge in [-0.05, 0) is 24.3 Å². The van der Waals surface area contributed by atoms with Crippen molar-refractivity contribution in [3.05, 3.63) is 72.6 Å². The summed E-state index contributed by atoms with van der Waals surface area (Å²) in [5.74, 6) is 0.0428. The average molecular weight is 418 g/mol. The van der Waals surface area contributed by atoms with Crippen LogP contribution in [0.15, 0.2) is 61.1 Å². The number of amides is 2. The van der Waals surface area contributed by atoms with Gasteiger partial charge in [-0.25, -0.2) is 18.9 Å². The van der Waals surface area contributed by atoms with Crippen molar-refractivity contribution in [2.45, 2.75) is 6.54 Å². The minimum absolute atomic E-state index is 0.140. The van der Waals surface area contributed by atoms with E-state index in [0.29, 0.717) is 36.9 Å². The Morgan fingerprint density at radius 1 is 1.03 bits per heavy atom. The van der Waals surface area contributed by atoms with Crippen LogP contribution >= 0.6 is 0 Å². The van der Waals surface area contributed by atoms with Crippen molar-refractivity contribution in [1.29, 1.82) is 0 Å². The monoisotopic (exact) mass is 418 g/mol. The lowest BCUT2D eigenvalue weighted by Gasteiger charge is -2.19. The summed E-state index contributed by atoms with van der Waals surface area (Å²) in [6.07, 6.45) is 4.79. The van der Waals surface area contributed by atoms with Crippen molar-refractivity contribution in [2.75, 3.05) is 25.1 Å². The first kappa shape index (κ1) is 19.0. The molecule has 0 aliphatic carbocycles. The van der Waals surface area contributed by atoms with Crippen molar-refractivity contribution >= 4 is 22.6 Å². The lowest BCUT2D eigenvalue weighted by Crippen LogP contribution is -2.32. The minimum atomic E-state index is -0.362. The van der Waals surface area contributed by atoms with E-state index in [4.69, 9.17) is 4.74 Å². The number of carbonyl (C=O) groups excluding carboxylic acids is 1. The highest BCUT2D eigenvalue weighted by Crippen LogP contribution is 2.31. The number of nitrogens with zero attached hydrogens (tertiary/aromatic N) is 6. The van der Waals surface area contributed by atoms with E-state index in [2.05, 4.69) is 15.1 Å². The van der Waals surface area contributed by atoms with Gasteiger partial charge in [0.2, 0.25) is 5.88 Å². The molecule has 8 nitrogen and oxygen atoms in total. The molecule has 5 rings (SSSR count). The van der Waals surface area contributed by atoms with E-state index in [-0.39, 0.29) is 11.8 Å². The third kappa shape index (κ3) is 3.24. The standard InChI is InChI=1S/C22H19FN6O2/c1-31-21-17(24-9-10-25-21)14-27-11-12-28(22(27)30)18-7-4-8-19-15(18)13-26-29(19)20-6-3-2-5-16(20)23/h2-10,13H,11-12,14H2,1H3. The molecule has 2 aromatic carbocycles. The molecule has 1 aliphatic rings. The Bertz CT molecular complexity index is 1270.